The molecule has 0 atom stereocenters. The molecular formula is C13H13N5O2S. The van der Waals surface area contributed by atoms with Crippen molar-refractivity contribution in [3.8, 4) is 11.9 Å². The highest BCUT2D eigenvalue weighted by Gasteiger charge is 2.16. The Bertz CT molecular complexity index is 679. The molecule has 0 bridgehead atoms. The first kappa shape index (κ1) is 14.7. The summed E-state index contributed by atoms with van der Waals surface area (Å²) in [4.78, 5) is 21.0. The molecule has 0 saturated heterocycles. The monoisotopic (exact) mass is 303 g/mol. The van der Waals surface area contributed by atoms with E-state index in [4.69, 9.17) is 15.7 Å². The minimum atomic E-state index is -0.388. The number of pyridine rings is 1. The van der Waals surface area contributed by atoms with Crippen LogP contribution in [0.25, 0.3) is 0 Å². The number of hydrogen-bond donors (Lipinski definition) is 2. The minimum Gasteiger partial charge on any atom is -0.477 e. The van der Waals surface area contributed by atoms with Crippen molar-refractivity contribution in [2.75, 3.05) is 12.3 Å². The molecule has 0 aliphatic carbocycles. The van der Waals surface area contributed by atoms with Gasteiger partial charge >= 0.3 is 0 Å². The Morgan fingerprint density at radius 3 is 3.05 bits per heavy atom. The van der Waals surface area contributed by atoms with Crippen LogP contribution in [-0.4, -0.2) is 22.5 Å². The number of nitrogens with two attached hydrogens (primary N) is 1. The van der Waals surface area contributed by atoms with Crippen molar-refractivity contribution >= 4 is 22.9 Å². The average Bonchev–Trinajstić information content (AvgIpc) is 2.98. The largest absolute Gasteiger partial charge is 0.477 e. The molecule has 2 aromatic heterocycles. The van der Waals surface area contributed by atoms with Crippen molar-refractivity contribution in [1.82, 2.24) is 15.3 Å². The quantitative estimate of drug-likeness (QED) is 0.861. The van der Waals surface area contributed by atoms with Gasteiger partial charge in [0.15, 0.2) is 0 Å². The predicted molar refractivity (Wildman–Crippen MR) is 77.8 cm³/mol. The molecule has 2 rings (SSSR count). The Balaban J connectivity index is 2.19. The van der Waals surface area contributed by atoms with Gasteiger partial charge in [-0.3, -0.25) is 9.78 Å². The lowest BCUT2D eigenvalue weighted by Gasteiger charge is -2.09. The molecule has 108 valence electrons. The summed E-state index contributed by atoms with van der Waals surface area (Å²) >= 11 is 1.44. The summed E-state index contributed by atoms with van der Waals surface area (Å²) in [7, 11) is 0. The first-order valence-corrected chi connectivity index (χ1v) is 7.02. The maximum Gasteiger partial charge on any atom is 0.270 e. The molecule has 2 heterocycles. The van der Waals surface area contributed by atoms with Crippen LogP contribution in [0.4, 0.5) is 5.69 Å². The second kappa shape index (κ2) is 6.67. The van der Waals surface area contributed by atoms with E-state index in [9.17, 15) is 4.79 Å². The lowest BCUT2D eigenvalue weighted by atomic mass is 10.2. The number of anilines is 1. The van der Waals surface area contributed by atoms with Crippen LogP contribution in [-0.2, 0) is 6.54 Å². The summed E-state index contributed by atoms with van der Waals surface area (Å²) in [5.74, 6) is -0.316. The number of nitrogen functional groups attached to an aromatic ring is 1. The molecule has 21 heavy (non-hydrogen) atoms. The topological polar surface area (TPSA) is 114 Å². The predicted octanol–water partition coefficient (Wildman–Crippen LogP) is 1.32. The first-order chi connectivity index (χ1) is 10.2. The van der Waals surface area contributed by atoms with Crippen LogP contribution in [0.15, 0.2) is 17.8 Å². The lowest BCUT2D eigenvalue weighted by Crippen LogP contribution is -2.24. The standard InChI is InChI=1S/C13H13N5O2S/c1-2-20-13-9(4-14)10(15)3-11(18-13)12(19)17-6-8-5-16-7-21-8/h3,5,7H,2,6H2,1H3,(H2,15,18)(H,17,19). The van der Waals surface area contributed by atoms with Crippen LogP contribution in [0.3, 0.4) is 0 Å². The number of aromatic nitrogens is 2. The number of carbonyl (C=O) groups excluding carboxylic acids is 1. The molecule has 0 aromatic carbocycles. The Morgan fingerprint density at radius 1 is 1.62 bits per heavy atom. The fraction of sp³-hybridized carbons (Fsp3) is 0.231. The SMILES string of the molecule is CCOc1nc(C(=O)NCc2cncs2)cc(N)c1C#N. The third-order valence-electron chi connectivity index (χ3n) is 2.55. The zero-order valence-electron chi connectivity index (χ0n) is 11.3. The van der Waals surface area contributed by atoms with E-state index in [2.05, 4.69) is 15.3 Å². The molecule has 0 aliphatic rings. The fourth-order valence-electron chi connectivity index (χ4n) is 1.60. The Labute approximate surface area is 125 Å². The lowest BCUT2D eigenvalue weighted by molar-refractivity contribution is 0.0945. The highest BCUT2D eigenvalue weighted by atomic mass is 32.1. The second-order valence-electron chi connectivity index (χ2n) is 3.97. The molecule has 0 aliphatic heterocycles. The summed E-state index contributed by atoms with van der Waals surface area (Å²) in [5, 5.41) is 11.7. The van der Waals surface area contributed by atoms with Gasteiger partial charge in [0.2, 0.25) is 5.88 Å². The van der Waals surface area contributed by atoms with Gasteiger partial charge in [0.1, 0.15) is 17.3 Å². The summed E-state index contributed by atoms with van der Waals surface area (Å²) in [6, 6.07) is 3.28. The van der Waals surface area contributed by atoms with Gasteiger partial charge in [0, 0.05) is 11.1 Å². The number of carbonyl (C=O) groups is 1. The molecular weight excluding hydrogens is 290 g/mol. The van der Waals surface area contributed by atoms with Crippen LogP contribution >= 0.6 is 11.3 Å². The number of nitrogens with zero attached hydrogens (tertiary/aromatic N) is 3. The van der Waals surface area contributed by atoms with Gasteiger partial charge in [-0.25, -0.2) is 4.98 Å². The van der Waals surface area contributed by atoms with Crippen molar-refractivity contribution < 1.29 is 9.53 Å². The van der Waals surface area contributed by atoms with Gasteiger partial charge < -0.3 is 15.8 Å². The van der Waals surface area contributed by atoms with E-state index in [1.54, 1.807) is 18.6 Å². The van der Waals surface area contributed by atoms with Crippen molar-refractivity contribution in [2.45, 2.75) is 13.5 Å². The van der Waals surface area contributed by atoms with E-state index in [0.29, 0.717) is 13.2 Å². The number of ether oxygens (including phenoxy) is 1. The van der Waals surface area contributed by atoms with E-state index >= 15 is 0 Å². The maximum atomic E-state index is 12.1. The smallest absolute Gasteiger partial charge is 0.270 e. The van der Waals surface area contributed by atoms with Gasteiger partial charge in [-0.1, -0.05) is 0 Å². The molecule has 1 amide bonds. The van der Waals surface area contributed by atoms with Crippen LogP contribution in [0, 0.1) is 11.3 Å². The molecule has 0 unspecified atom stereocenters. The fourth-order valence-corrected chi connectivity index (χ4v) is 2.13. The number of thiazole rings is 1. The number of nitriles is 1. The van der Waals surface area contributed by atoms with Gasteiger partial charge in [0.25, 0.3) is 5.91 Å². The van der Waals surface area contributed by atoms with Crippen molar-refractivity contribution in [1.29, 1.82) is 5.26 Å². The molecule has 0 radical (unpaired) electrons. The summed E-state index contributed by atoms with van der Waals surface area (Å²) in [6.45, 7) is 2.44. The molecule has 0 fully saturated rings. The summed E-state index contributed by atoms with van der Waals surface area (Å²) in [5.41, 5.74) is 7.86. The van der Waals surface area contributed by atoms with Gasteiger partial charge in [-0.05, 0) is 13.0 Å². The normalized spacial score (nSPS) is 9.90. The maximum absolute atomic E-state index is 12.1. The Morgan fingerprint density at radius 2 is 2.43 bits per heavy atom. The van der Waals surface area contributed by atoms with Crippen molar-refractivity contribution in [2.24, 2.45) is 0 Å². The van der Waals surface area contributed by atoms with E-state index in [0.717, 1.165) is 4.88 Å². The molecule has 2 aromatic rings. The average molecular weight is 303 g/mol. The number of nitrogens with one attached hydrogen (secondary N) is 1. The number of rotatable bonds is 5. The molecule has 0 spiro atoms. The van der Waals surface area contributed by atoms with Crippen LogP contribution in [0.5, 0.6) is 5.88 Å². The third-order valence-corrected chi connectivity index (χ3v) is 3.33. The van der Waals surface area contributed by atoms with Gasteiger partial charge in [-0.2, -0.15) is 5.26 Å². The van der Waals surface area contributed by atoms with Crippen molar-refractivity contribution in [3.63, 3.8) is 0 Å². The number of amides is 1. The van der Waals surface area contributed by atoms with E-state index in [-0.39, 0.29) is 28.7 Å². The van der Waals surface area contributed by atoms with Gasteiger partial charge in [0.05, 0.1) is 24.3 Å². The second-order valence-corrected chi connectivity index (χ2v) is 4.94. The van der Waals surface area contributed by atoms with Crippen LogP contribution < -0.4 is 15.8 Å². The number of hydrogen-bond acceptors (Lipinski definition) is 7. The highest BCUT2D eigenvalue weighted by Crippen LogP contribution is 2.22. The first-order valence-electron chi connectivity index (χ1n) is 6.14. The van der Waals surface area contributed by atoms with E-state index in [1.807, 2.05) is 6.07 Å². The summed E-state index contributed by atoms with van der Waals surface area (Å²) < 4.78 is 5.25. The Kier molecular flexibility index (Phi) is 4.68. The van der Waals surface area contributed by atoms with Crippen molar-refractivity contribution in [3.05, 3.63) is 33.9 Å². The molecule has 0 saturated carbocycles. The van der Waals surface area contributed by atoms with Crippen LogP contribution in [0.1, 0.15) is 27.9 Å². The zero-order chi connectivity index (χ0) is 15.2. The summed E-state index contributed by atoms with van der Waals surface area (Å²) in [6.07, 6.45) is 1.68. The van der Waals surface area contributed by atoms with Gasteiger partial charge in [-0.15, -0.1) is 11.3 Å². The van der Waals surface area contributed by atoms with E-state index in [1.165, 1.54) is 17.4 Å². The molecule has 7 nitrogen and oxygen atoms in total. The third kappa shape index (κ3) is 3.46. The molecule has 3 N–H and O–H groups in total. The van der Waals surface area contributed by atoms with Crippen LogP contribution in [0.2, 0.25) is 0 Å². The molecule has 8 heteroatoms. The minimum absolute atomic E-state index is 0.0722. The Hall–Kier alpha value is -2.66. The van der Waals surface area contributed by atoms with E-state index < -0.39 is 0 Å². The highest BCUT2D eigenvalue weighted by molar-refractivity contribution is 7.09. The zero-order valence-corrected chi connectivity index (χ0v) is 12.1.